The third kappa shape index (κ3) is 4.95. The molecule has 0 aromatic rings. The maximum absolute atomic E-state index is 11.8. The van der Waals surface area contributed by atoms with Crippen LogP contribution >= 0.6 is 0 Å². The van der Waals surface area contributed by atoms with Crippen LogP contribution in [0.1, 0.15) is 12.8 Å². The lowest BCUT2D eigenvalue weighted by Gasteiger charge is -2.13. The molecule has 9 nitrogen and oxygen atoms in total. The van der Waals surface area contributed by atoms with E-state index in [1.807, 2.05) is 0 Å². The van der Waals surface area contributed by atoms with E-state index in [4.69, 9.17) is 27.2 Å². The van der Waals surface area contributed by atoms with Crippen LogP contribution in [0.15, 0.2) is 4.40 Å². The van der Waals surface area contributed by atoms with Gasteiger partial charge < -0.3 is 27.2 Å². The summed E-state index contributed by atoms with van der Waals surface area (Å²) >= 11 is 0. The van der Waals surface area contributed by atoms with Crippen molar-refractivity contribution in [2.24, 2.45) is 27.5 Å². The van der Waals surface area contributed by atoms with Crippen molar-refractivity contribution < 1.29 is 18.5 Å². The van der Waals surface area contributed by atoms with Gasteiger partial charge in [0.25, 0.3) is 0 Å². The fourth-order valence-corrected chi connectivity index (χ4v) is 3.23. The van der Waals surface area contributed by atoms with Crippen LogP contribution in [-0.4, -0.2) is 55.0 Å². The molecule has 19 heavy (non-hydrogen) atoms. The van der Waals surface area contributed by atoms with Crippen molar-refractivity contribution >= 4 is 23.3 Å². The van der Waals surface area contributed by atoms with E-state index in [1.54, 1.807) is 0 Å². The second-order valence-corrected chi connectivity index (χ2v) is 6.24. The van der Waals surface area contributed by atoms with E-state index in [0.29, 0.717) is 12.8 Å². The topological polar surface area (TPSA) is 168 Å². The Morgan fingerprint density at radius 3 is 2.53 bits per heavy atom. The highest BCUT2D eigenvalue weighted by Gasteiger charge is 2.36. The maximum Gasteiger partial charge on any atom is 0.451 e. The van der Waals surface area contributed by atoms with Crippen molar-refractivity contribution in [2.75, 3.05) is 13.1 Å². The molecule has 0 aliphatic carbocycles. The summed E-state index contributed by atoms with van der Waals surface area (Å²) in [6.07, 6.45) is 1.42. The summed E-state index contributed by atoms with van der Waals surface area (Å²) in [6, 6.07) is -0.306. The molecule has 0 radical (unpaired) electrons. The Hall–Kier alpha value is -0.875. The van der Waals surface area contributed by atoms with Gasteiger partial charge in [0.15, 0.2) is 0 Å². The third-order valence-electron chi connectivity index (χ3n) is 3.04. The zero-order valence-electron chi connectivity index (χ0n) is 10.5. The van der Waals surface area contributed by atoms with Gasteiger partial charge in [0.1, 0.15) is 0 Å². The largest absolute Gasteiger partial charge is 0.451 e. The van der Waals surface area contributed by atoms with Gasteiger partial charge in [-0.2, -0.15) is 12.7 Å². The molecule has 0 unspecified atom stereocenters. The van der Waals surface area contributed by atoms with Crippen LogP contribution in [0.3, 0.4) is 0 Å². The SMILES string of the molecule is NC(N)=NS(=O)(=O)N1C[C@H](CCCB(O)O)[C@@H](N)C1. The van der Waals surface area contributed by atoms with Gasteiger partial charge in [0, 0.05) is 19.1 Å². The summed E-state index contributed by atoms with van der Waals surface area (Å²) in [5.74, 6) is -0.553. The number of hydrogen-bond acceptors (Lipinski definition) is 5. The van der Waals surface area contributed by atoms with Crippen molar-refractivity contribution in [2.45, 2.75) is 25.2 Å². The third-order valence-corrected chi connectivity index (χ3v) is 4.43. The number of rotatable bonds is 6. The smallest absolute Gasteiger partial charge is 0.427 e. The van der Waals surface area contributed by atoms with E-state index in [9.17, 15) is 8.42 Å². The summed E-state index contributed by atoms with van der Waals surface area (Å²) < 4.78 is 27.9. The molecule has 1 aliphatic heterocycles. The Balaban J connectivity index is 2.57. The quantitative estimate of drug-likeness (QED) is 0.198. The summed E-state index contributed by atoms with van der Waals surface area (Å²) in [4.78, 5) is 0. The van der Waals surface area contributed by atoms with E-state index in [0.717, 1.165) is 4.31 Å². The molecule has 0 aromatic heterocycles. The predicted molar refractivity (Wildman–Crippen MR) is 72.0 cm³/mol. The molecule has 11 heteroatoms. The highest BCUT2D eigenvalue weighted by molar-refractivity contribution is 7.87. The lowest BCUT2D eigenvalue weighted by molar-refractivity contribution is 0.391. The molecule has 8 N–H and O–H groups in total. The van der Waals surface area contributed by atoms with Gasteiger partial charge >= 0.3 is 17.3 Å². The van der Waals surface area contributed by atoms with Crippen LogP contribution in [0.4, 0.5) is 0 Å². The minimum absolute atomic E-state index is 0.0391. The molecular formula is C8H20BN5O4S. The molecule has 1 aliphatic rings. The molecule has 110 valence electrons. The van der Waals surface area contributed by atoms with E-state index in [2.05, 4.69) is 4.40 Å². The first-order valence-electron chi connectivity index (χ1n) is 5.95. The van der Waals surface area contributed by atoms with Gasteiger partial charge in [0.05, 0.1) is 0 Å². The number of hydrogen-bond donors (Lipinski definition) is 5. The number of guanidine groups is 1. The second-order valence-electron chi connectivity index (χ2n) is 4.65. The molecule has 0 spiro atoms. The summed E-state index contributed by atoms with van der Waals surface area (Å²) in [6.45, 7) is 0.396. The van der Waals surface area contributed by atoms with Crippen LogP contribution < -0.4 is 17.2 Å². The average Bonchev–Trinajstić information content (AvgIpc) is 2.58. The number of nitrogens with two attached hydrogens (primary N) is 3. The fraction of sp³-hybridized carbons (Fsp3) is 0.875. The highest BCUT2D eigenvalue weighted by atomic mass is 32.2. The summed E-state index contributed by atoms with van der Waals surface area (Å²) in [7, 11) is -5.22. The summed E-state index contributed by atoms with van der Waals surface area (Å²) in [5, 5.41) is 17.5. The molecule has 0 aromatic carbocycles. The lowest BCUT2D eigenvalue weighted by atomic mass is 9.82. The minimum Gasteiger partial charge on any atom is -0.427 e. The van der Waals surface area contributed by atoms with Crippen LogP contribution in [0, 0.1) is 5.92 Å². The van der Waals surface area contributed by atoms with Gasteiger partial charge in [-0.1, -0.05) is 6.42 Å². The molecule has 1 rings (SSSR count). The van der Waals surface area contributed by atoms with Crippen LogP contribution in [0.5, 0.6) is 0 Å². The molecule has 1 saturated heterocycles. The highest BCUT2D eigenvalue weighted by Crippen LogP contribution is 2.24. The standard InChI is InChI=1S/C8H20BN5O4S/c10-7-5-14(19(17,18)13-8(11)12)4-6(7)2-1-3-9(15)16/h6-7,15-16H,1-5,10H2,(H4,11,12,13)/t6-,7-/m0/s1. The van der Waals surface area contributed by atoms with Gasteiger partial charge in [-0.15, -0.1) is 4.40 Å². The van der Waals surface area contributed by atoms with Gasteiger partial charge in [-0.25, -0.2) is 0 Å². The molecule has 1 heterocycles. The van der Waals surface area contributed by atoms with Crippen molar-refractivity contribution in [3.63, 3.8) is 0 Å². The molecule has 0 amide bonds. The maximum atomic E-state index is 11.8. The van der Waals surface area contributed by atoms with Crippen LogP contribution in [0.25, 0.3) is 0 Å². The van der Waals surface area contributed by atoms with Gasteiger partial charge in [0.2, 0.25) is 5.96 Å². The Kier molecular flexibility index (Phi) is 5.56. The first kappa shape index (κ1) is 16.2. The van der Waals surface area contributed by atoms with Crippen molar-refractivity contribution in [3.8, 4) is 0 Å². The van der Waals surface area contributed by atoms with Crippen molar-refractivity contribution in [1.82, 2.24) is 4.31 Å². The molecule has 1 fully saturated rings. The summed E-state index contributed by atoms with van der Waals surface area (Å²) in [5.41, 5.74) is 16.0. The lowest BCUT2D eigenvalue weighted by Crippen LogP contribution is -2.34. The second kappa shape index (κ2) is 6.52. The first-order valence-corrected chi connectivity index (χ1v) is 7.34. The molecule has 0 bridgehead atoms. The average molecular weight is 293 g/mol. The van der Waals surface area contributed by atoms with Crippen LogP contribution in [-0.2, 0) is 10.2 Å². The van der Waals surface area contributed by atoms with E-state index < -0.39 is 23.3 Å². The van der Waals surface area contributed by atoms with Crippen molar-refractivity contribution in [3.05, 3.63) is 0 Å². The predicted octanol–water partition coefficient (Wildman–Crippen LogP) is -2.98. The normalized spacial score (nSPS) is 24.4. The monoisotopic (exact) mass is 293 g/mol. The number of nitrogens with zero attached hydrogens (tertiary/aromatic N) is 2. The molecule has 2 atom stereocenters. The van der Waals surface area contributed by atoms with E-state index in [1.165, 1.54) is 0 Å². The van der Waals surface area contributed by atoms with Crippen LogP contribution in [0.2, 0.25) is 6.32 Å². The fourth-order valence-electron chi connectivity index (χ4n) is 2.10. The first-order chi connectivity index (χ1) is 8.72. The Morgan fingerprint density at radius 1 is 1.37 bits per heavy atom. The van der Waals surface area contributed by atoms with E-state index >= 15 is 0 Å². The van der Waals surface area contributed by atoms with Crippen molar-refractivity contribution in [1.29, 1.82) is 0 Å². The van der Waals surface area contributed by atoms with E-state index in [-0.39, 0.29) is 31.4 Å². The zero-order chi connectivity index (χ0) is 14.6. The molecular weight excluding hydrogens is 273 g/mol. The Morgan fingerprint density at radius 2 is 2.00 bits per heavy atom. The zero-order valence-corrected chi connectivity index (χ0v) is 11.3. The Labute approximate surface area is 112 Å². The van der Waals surface area contributed by atoms with Gasteiger partial charge in [-0.05, 0) is 18.7 Å². The Bertz CT molecular complexity index is 425. The van der Waals surface area contributed by atoms with Gasteiger partial charge in [-0.3, -0.25) is 0 Å². The minimum atomic E-state index is -3.87. The molecule has 0 saturated carbocycles.